The van der Waals surface area contributed by atoms with Crippen molar-refractivity contribution < 1.29 is 9.68 Å². The van der Waals surface area contributed by atoms with Crippen LogP contribution in [-0.4, -0.2) is 25.6 Å². The Morgan fingerprint density at radius 3 is 2.17 bits per heavy atom. The molecule has 0 spiro atoms. The Kier molecular flexibility index (Phi) is 6.55. The van der Waals surface area contributed by atoms with Crippen LogP contribution < -0.4 is 0 Å². The minimum Gasteiger partial charge on any atom is -0.399 e. The highest BCUT2D eigenvalue weighted by molar-refractivity contribution is 6.47. The molecule has 0 radical (unpaired) electrons. The highest BCUT2D eigenvalue weighted by Gasteiger charge is 2.09. The highest BCUT2D eigenvalue weighted by Crippen LogP contribution is 2.12. The van der Waals surface area contributed by atoms with Gasteiger partial charge in [0.1, 0.15) is 25.6 Å². The molecule has 126 valence electrons. The van der Waals surface area contributed by atoms with Crippen molar-refractivity contribution in [1.82, 2.24) is 0 Å². The molecule has 4 heteroatoms. The number of aryl methyl sites for hydroxylation is 3. The van der Waals surface area contributed by atoms with Crippen molar-refractivity contribution in [2.75, 3.05) is 14.2 Å². The number of nitrogens with zero attached hydrogens (tertiary/aromatic N) is 2. The van der Waals surface area contributed by atoms with Crippen molar-refractivity contribution in [3.8, 4) is 0 Å². The minimum atomic E-state index is 0.671. The number of rotatable bonds is 7. The summed E-state index contributed by atoms with van der Waals surface area (Å²) in [5.74, 6) is 0. The molecule has 0 atom stereocenters. The summed E-state index contributed by atoms with van der Waals surface area (Å²) >= 11 is 0. The molecule has 4 nitrogen and oxygen atoms in total. The number of hydrogen-bond donors (Lipinski definition) is 0. The lowest BCUT2D eigenvalue weighted by molar-refractivity contribution is 0.210. The van der Waals surface area contributed by atoms with Crippen LogP contribution in [0.2, 0.25) is 0 Å². The van der Waals surface area contributed by atoms with Crippen LogP contribution in [0.3, 0.4) is 0 Å². The van der Waals surface area contributed by atoms with Crippen LogP contribution in [0.15, 0.2) is 58.8 Å². The maximum Gasteiger partial charge on any atom is 0.134 e. The quantitative estimate of drug-likeness (QED) is 0.567. The summed E-state index contributed by atoms with van der Waals surface area (Å²) in [7, 11) is 3.04. The molecule has 0 bridgehead atoms. The molecule has 2 aromatic carbocycles. The maximum atomic E-state index is 4.92. The first-order chi connectivity index (χ1) is 11.6. The SMILES string of the molecule is CON=C(C)C(=NOC)c1ccc(CCc2cccc(C)c2)cc1. The zero-order valence-corrected chi connectivity index (χ0v) is 14.7. The molecular weight excluding hydrogens is 300 g/mol. The third kappa shape index (κ3) is 4.95. The highest BCUT2D eigenvalue weighted by atomic mass is 16.6. The van der Waals surface area contributed by atoms with Crippen molar-refractivity contribution in [2.45, 2.75) is 26.7 Å². The molecule has 0 saturated carbocycles. The van der Waals surface area contributed by atoms with Gasteiger partial charge in [0.15, 0.2) is 0 Å². The molecule has 2 aromatic rings. The third-order valence-corrected chi connectivity index (χ3v) is 3.77. The van der Waals surface area contributed by atoms with Crippen molar-refractivity contribution in [1.29, 1.82) is 0 Å². The molecule has 24 heavy (non-hydrogen) atoms. The van der Waals surface area contributed by atoms with E-state index in [4.69, 9.17) is 9.68 Å². The molecule has 0 heterocycles. The van der Waals surface area contributed by atoms with Crippen LogP contribution in [-0.2, 0) is 22.5 Å². The molecule has 0 N–H and O–H groups in total. The molecule has 2 rings (SSSR count). The molecule has 0 fully saturated rings. The molecule has 0 amide bonds. The summed E-state index contributed by atoms with van der Waals surface area (Å²) in [6, 6.07) is 17.0. The predicted molar refractivity (Wildman–Crippen MR) is 98.7 cm³/mol. The van der Waals surface area contributed by atoms with Crippen molar-refractivity contribution in [2.24, 2.45) is 10.3 Å². The smallest absolute Gasteiger partial charge is 0.134 e. The maximum absolute atomic E-state index is 4.92. The molecular formula is C20H24N2O2. The average molecular weight is 324 g/mol. The van der Waals surface area contributed by atoms with Gasteiger partial charge in [-0.15, -0.1) is 0 Å². The van der Waals surface area contributed by atoms with Crippen LogP contribution in [0.4, 0.5) is 0 Å². The van der Waals surface area contributed by atoms with Crippen LogP contribution in [0.5, 0.6) is 0 Å². The lowest BCUT2D eigenvalue weighted by Gasteiger charge is -2.07. The zero-order chi connectivity index (χ0) is 17.4. The molecule has 0 aliphatic rings. The first-order valence-electron chi connectivity index (χ1n) is 7.98. The van der Waals surface area contributed by atoms with Gasteiger partial charge in [-0.1, -0.05) is 64.4 Å². The standard InChI is InChI=1S/C20H24N2O2/c1-15-6-5-7-18(14-15)9-8-17-10-12-19(13-11-17)20(22-24-4)16(2)21-23-3/h5-7,10-14H,8-9H2,1-4H3. The van der Waals surface area contributed by atoms with Gasteiger partial charge < -0.3 is 9.68 Å². The Bertz CT molecular complexity index is 719. The average Bonchev–Trinajstić information content (AvgIpc) is 2.59. The van der Waals surface area contributed by atoms with E-state index in [2.05, 4.69) is 53.6 Å². The monoisotopic (exact) mass is 324 g/mol. The van der Waals surface area contributed by atoms with Gasteiger partial charge >= 0.3 is 0 Å². The minimum absolute atomic E-state index is 0.671. The van der Waals surface area contributed by atoms with Gasteiger partial charge in [0, 0.05) is 5.56 Å². The van der Waals surface area contributed by atoms with E-state index in [9.17, 15) is 0 Å². The zero-order valence-electron chi connectivity index (χ0n) is 14.7. The van der Waals surface area contributed by atoms with Crippen molar-refractivity contribution in [3.05, 3.63) is 70.8 Å². The number of hydrogen-bond acceptors (Lipinski definition) is 4. The Balaban J connectivity index is 2.09. The van der Waals surface area contributed by atoms with E-state index in [-0.39, 0.29) is 0 Å². The summed E-state index contributed by atoms with van der Waals surface area (Å²) in [5, 5.41) is 7.98. The summed E-state index contributed by atoms with van der Waals surface area (Å²) in [6.07, 6.45) is 2.04. The van der Waals surface area contributed by atoms with Crippen molar-refractivity contribution in [3.63, 3.8) is 0 Å². The van der Waals surface area contributed by atoms with E-state index in [1.807, 2.05) is 19.1 Å². The molecule has 0 saturated heterocycles. The first kappa shape index (κ1) is 17.7. The second-order valence-electron chi connectivity index (χ2n) is 5.67. The van der Waals surface area contributed by atoms with Gasteiger partial charge in [-0.3, -0.25) is 0 Å². The van der Waals surface area contributed by atoms with Crippen LogP contribution >= 0.6 is 0 Å². The fourth-order valence-electron chi connectivity index (χ4n) is 2.58. The Morgan fingerprint density at radius 1 is 0.875 bits per heavy atom. The second-order valence-corrected chi connectivity index (χ2v) is 5.67. The Labute approximate surface area is 143 Å². The van der Waals surface area contributed by atoms with E-state index >= 15 is 0 Å². The molecule has 0 aromatic heterocycles. The summed E-state index contributed by atoms with van der Waals surface area (Å²) in [5.41, 5.74) is 6.25. The largest absolute Gasteiger partial charge is 0.399 e. The fourth-order valence-corrected chi connectivity index (χ4v) is 2.58. The molecule has 0 aliphatic carbocycles. The lowest BCUT2D eigenvalue weighted by Crippen LogP contribution is -2.13. The van der Waals surface area contributed by atoms with E-state index in [1.54, 1.807) is 0 Å². The van der Waals surface area contributed by atoms with E-state index in [0.717, 1.165) is 18.4 Å². The summed E-state index contributed by atoms with van der Waals surface area (Å²) < 4.78 is 0. The molecule has 0 aliphatic heterocycles. The Morgan fingerprint density at radius 2 is 1.54 bits per heavy atom. The second kappa shape index (κ2) is 8.87. The van der Waals surface area contributed by atoms with E-state index in [1.165, 1.54) is 30.9 Å². The third-order valence-electron chi connectivity index (χ3n) is 3.77. The van der Waals surface area contributed by atoms with Crippen LogP contribution in [0, 0.1) is 6.92 Å². The van der Waals surface area contributed by atoms with Gasteiger partial charge in [0.25, 0.3) is 0 Å². The predicted octanol–water partition coefficient (Wildman–Crippen LogP) is 4.15. The number of oxime groups is 2. The fraction of sp³-hybridized carbons (Fsp3) is 0.300. The van der Waals surface area contributed by atoms with Gasteiger partial charge in [0.2, 0.25) is 0 Å². The van der Waals surface area contributed by atoms with Crippen LogP contribution in [0.25, 0.3) is 0 Å². The van der Waals surface area contributed by atoms with Gasteiger partial charge in [-0.2, -0.15) is 0 Å². The summed E-state index contributed by atoms with van der Waals surface area (Å²) in [6.45, 7) is 3.96. The molecule has 0 unspecified atom stereocenters. The first-order valence-corrected chi connectivity index (χ1v) is 7.98. The summed E-state index contributed by atoms with van der Waals surface area (Å²) in [4.78, 5) is 9.75. The van der Waals surface area contributed by atoms with Gasteiger partial charge in [-0.05, 0) is 37.8 Å². The van der Waals surface area contributed by atoms with E-state index in [0.29, 0.717) is 11.4 Å². The van der Waals surface area contributed by atoms with Gasteiger partial charge in [0.05, 0.1) is 0 Å². The van der Waals surface area contributed by atoms with Crippen LogP contribution in [0.1, 0.15) is 29.2 Å². The lowest BCUT2D eigenvalue weighted by atomic mass is 10.00. The number of benzene rings is 2. The Hall–Kier alpha value is -2.62. The topological polar surface area (TPSA) is 43.2 Å². The van der Waals surface area contributed by atoms with E-state index < -0.39 is 0 Å². The van der Waals surface area contributed by atoms with Crippen molar-refractivity contribution >= 4 is 11.4 Å². The normalized spacial score (nSPS) is 12.2. The van der Waals surface area contributed by atoms with Gasteiger partial charge in [-0.25, -0.2) is 0 Å².